The maximum absolute atomic E-state index is 11.7. The lowest BCUT2D eigenvalue weighted by atomic mass is 9.92. The number of nitrogens with zero attached hydrogens (tertiary/aromatic N) is 1. The molecular weight excluding hydrogens is 452 g/mol. The lowest BCUT2D eigenvalue weighted by Crippen LogP contribution is -2.01. The number of aryl methyl sites for hydroxylation is 4. The van der Waals surface area contributed by atoms with Crippen LogP contribution in [0.2, 0.25) is 0 Å². The maximum atomic E-state index is 11.7. The van der Waals surface area contributed by atoms with Gasteiger partial charge in [-0.3, -0.25) is 4.79 Å². The number of carbonyl (C=O) groups is 1. The summed E-state index contributed by atoms with van der Waals surface area (Å²) in [6.45, 7) is 0. The number of aromatic nitrogens is 2. The fourth-order valence-electron chi connectivity index (χ4n) is 5.44. The molecule has 0 atom stereocenters. The zero-order chi connectivity index (χ0) is 25.0. The second kappa shape index (κ2) is 10.4. The second-order valence-corrected chi connectivity index (χ2v) is 9.89. The summed E-state index contributed by atoms with van der Waals surface area (Å²) in [7, 11) is 0. The van der Waals surface area contributed by atoms with Crippen molar-refractivity contribution < 1.29 is 4.79 Å². The molecule has 0 fully saturated rings. The number of carbonyl (C=O) groups excluding carboxylic acids is 1. The Labute approximate surface area is 218 Å². The van der Waals surface area contributed by atoms with E-state index in [0.717, 1.165) is 84.3 Å². The SMILES string of the molecule is O=Cc1cc2ccc1CCCc1ccc(cc1-c1nc(-c3ccccc3)c(-c3ccccc3)[nH]1)CCC2. The van der Waals surface area contributed by atoms with Crippen molar-refractivity contribution >= 4 is 6.29 Å². The highest BCUT2D eigenvalue weighted by molar-refractivity contribution is 5.82. The highest BCUT2D eigenvalue weighted by Gasteiger charge is 2.18. The molecule has 1 heterocycles. The van der Waals surface area contributed by atoms with Crippen LogP contribution in [-0.4, -0.2) is 16.3 Å². The molecule has 0 saturated heterocycles. The van der Waals surface area contributed by atoms with E-state index in [1.807, 2.05) is 12.1 Å². The molecule has 4 bridgehead atoms. The van der Waals surface area contributed by atoms with Crippen LogP contribution in [0, 0.1) is 0 Å². The molecule has 1 N–H and O–H groups in total. The van der Waals surface area contributed by atoms with Gasteiger partial charge in [-0.25, -0.2) is 4.98 Å². The number of imidazole rings is 1. The summed E-state index contributed by atoms with van der Waals surface area (Å²) in [5.41, 5.74) is 11.3. The third kappa shape index (κ3) is 4.90. The molecule has 5 aromatic rings. The summed E-state index contributed by atoms with van der Waals surface area (Å²) in [5, 5.41) is 0. The Morgan fingerprint density at radius 1 is 0.649 bits per heavy atom. The minimum Gasteiger partial charge on any atom is -0.337 e. The maximum Gasteiger partial charge on any atom is 0.150 e. The fraction of sp³-hybridized carbons (Fsp3) is 0.176. The van der Waals surface area contributed by atoms with Crippen LogP contribution < -0.4 is 0 Å². The Morgan fingerprint density at radius 2 is 1.27 bits per heavy atom. The van der Waals surface area contributed by atoms with E-state index in [9.17, 15) is 4.79 Å². The number of benzene rings is 4. The van der Waals surface area contributed by atoms with Gasteiger partial charge in [0.2, 0.25) is 0 Å². The van der Waals surface area contributed by atoms with Crippen molar-refractivity contribution in [2.24, 2.45) is 0 Å². The molecule has 0 saturated carbocycles. The highest BCUT2D eigenvalue weighted by atomic mass is 16.1. The summed E-state index contributed by atoms with van der Waals surface area (Å²) < 4.78 is 0. The molecule has 0 amide bonds. The van der Waals surface area contributed by atoms with Crippen molar-refractivity contribution in [1.29, 1.82) is 0 Å². The van der Waals surface area contributed by atoms with Gasteiger partial charge in [0.15, 0.2) is 0 Å². The van der Waals surface area contributed by atoms with Crippen LogP contribution in [0.5, 0.6) is 0 Å². The molecular formula is C34H30N2O. The van der Waals surface area contributed by atoms with Crippen molar-refractivity contribution in [2.45, 2.75) is 38.5 Å². The Balaban J connectivity index is 1.43. The van der Waals surface area contributed by atoms with Gasteiger partial charge in [-0.1, -0.05) is 84.9 Å². The van der Waals surface area contributed by atoms with Crippen LogP contribution in [0.1, 0.15) is 45.5 Å². The lowest BCUT2D eigenvalue weighted by molar-refractivity contribution is 0.112. The summed E-state index contributed by atoms with van der Waals surface area (Å²) >= 11 is 0. The Kier molecular flexibility index (Phi) is 6.51. The Bertz CT molecular complexity index is 1480. The third-order valence-corrected chi connectivity index (χ3v) is 7.40. The standard InChI is InChI=1S/C34H30N2O/c37-23-30-21-24-9-7-10-25-18-20-27(16-8-15-26(30)19-17-24)31(22-25)34-35-32(28-11-3-1-4-12-28)33(36-34)29-13-5-2-6-14-29/h1-6,11-14,17-23H,7-10,15-16H2,(H,35,36). The van der Waals surface area contributed by atoms with Gasteiger partial charge in [0.1, 0.15) is 12.1 Å². The van der Waals surface area contributed by atoms with E-state index in [1.54, 1.807) is 0 Å². The van der Waals surface area contributed by atoms with Crippen LogP contribution in [0.25, 0.3) is 33.9 Å². The molecule has 0 unspecified atom stereocenters. The molecule has 0 spiro atoms. The molecule has 0 aliphatic heterocycles. The van der Waals surface area contributed by atoms with Crippen molar-refractivity contribution in [3.63, 3.8) is 0 Å². The van der Waals surface area contributed by atoms with E-state index in [-0.39, 0.29) is 0 Å². The molecule has 3 heteroatoms. The summed E-state index contributed by atoms with van der Waals surface area (Å²) in [6, 6.07) is 34.2. The predicted octanol–water partition coefficient (Wildman–Crippen LogP) is 7.89. The topological polar surface area (TPSA) is 45.8 Å². The van der Waals surface area contributed by atoms with E-state index in [4.69, 9.17) is 4.98 Å². The smallest absolute Gasteiger partial charge is 0.150 e. The van der Waals surface area contributed by atoms with Crippen molar-refractivity contribution in [1.82, 2.24) is 9.97 Å². The van der Waals surface area contributed by atoms with E-state index in [0.29, 0.717) is 0 Å². The molecule has 4 aliphatic rings. The number of aromatic amines is 1. The first-order chi connectivity index (χ1) is 18.3. The normalized spacial score (nSPS) is 13.4. The molecule has 9 rings (SSSR count). The monoisotopic (exact) mass is 482 g/mol. The van der Waals surface area contributed by atoms with Gasteiger partial charge in [-0.05, 0) is 72.9 Å². The van der Waals surface area contributed by atoms with Gasteiger partial charge in [-0.15, -0.1) is 0 Å². The second-order valence-electron chi connectivity index (χ2n) is 9.89. The molecule has 4 aromatic carbocycles. The first kappa shape index (κ1) is 23.2. The van der Waals surface area contributed by atoms with Crippen molar-refractivity contribution in [3.05, 3.63) is 125 Å². The Morgan fingerprint density at radius 3 is 2.00 bits per heavy atom. The molecule has 1 aromatic heterocycles. The number of H-pyrrole nitrogens is 1. The molecule has 182 valence electrons. The number of hydrogen-bond donors (Lipinski definition) is 1. The van der Waals surface area contributed by atoms with Crippen molar-refractivity contribution in [2.75, 3.05) is 0 Å². The van der Waals surface area contributed by atoms with Gasteiger partial charge >= 0.3 is 0 Å². The van der Waals surface area contributed by atoms with Crippen LogP contribution in [0.3, 0.4) is 0 Å². The molecule has 4 aliphatic carbocycles. The van der Waals surface area contributed by atoms with E-state index in [2.05, 4.69) is 89.9 Å². The van der Waals surface area contributed by atoms with Gasteiger partial charge in [-0.2, -0.15) is 0 Å². The fourth-order valence-corrected chi connectivity index (χ4v) is 5.44. The number of hydrogen-bond acceptors (Lipinski definition) is 2. The zero-order valence-corrected chi connectivity index (χ0v) is 20.9. The highest BCUT2D eigenvalue weighted by Crippen LogP contribution is 2.35. The number of nitrogens with one attached hydrogen (secondary N) is 1. The molecule has 0 radical (unpaired) electrons. The largest absolute Gasteiger partial charge is 0.337 e. The quantitative estimate of drug-likeness (QED) is 0.265. The Hall–Kier alpha value is -4.24. The van der Waals surface area contributed by atoms with Crippen LogP contribution in [0.4, 0.5) is 0 Å². The first-order valence-corrected chi connectivity index (χ1v) is 13.2. The lowest BCUT2D eigenvalue weighted by Gasteiger charge is -2.13. The predicted molar refractivity (Wildman–Crippen MR) is 151 cm³/mol. The van der Waals surface area contributed by atoms with E-state index >= 15 is 0 Å². The van der Waals surface area contributed by atoms with E-state index < -0.39 is 0 Å². The molecule has 37 heavy (non-hydrogen) atoms. The average molecular weight is 483 g/mol. The minimum absolute atomic E-state index is 0.842. The molecule has 3 nitrogen and oxygen atoms in total. The van der Waals surface area contributed by atoms with Gasteiger partial charge in [0, 0.05) is 22.3 Å². The first-order valence-electron chi connectivity index (χ1n) is 13.2. The van der Waals surface area contributed by atoms with Crippen molar-refractivity contribution in [3.8, 4) is 33.9 Å². The van der Waals surface area contributed by atoms with Gasteiger partial charge < -0.3 is 4.98 Å². The summed E-state index contributed by atoms with van der Waals surface area (Å²) in [4.78, 5) is 20.6. The van der Waals surface area contributed by atoms with Gasteiger partial charge in [0.25, 0.3) is 0 Å². The van der Waals surface area contributed by atoms with Crippen LogP contribution >= 0.6 is 0 Å². The third-order valence-electron chi connectivity index (χ3n) is 7.40. The van der Waals surface area contributed by atoms with Gasteiger partial charge in [0.05, 0.1) is 11.4 Å². The average Bonchev–Trinajstić information content (AvgIpc) is 3.40. The summed E-state index contributed by atoms with van der Waals surface area (Å²) in [6.07, 6.45) is 6.81. The van der Waals surface area contributed by atoms with Crippen LogP contribution in [-0.2, 0) is 25.7 Å². The van der Waals surface area contributed by atoms with Crippen LogP contribution in [0.15, 0.2) is 97.1 Å². The summed E-state index contributed by atoms with van der Waals surface area (Å²) in [5.74, 6) is 0.915. The number of rotatable bonds is 4. The number of aldehydes is 1. The van der Waals surface area contributed by atoms with E-state index in [1.165, 1.54) is 22.3 Å². The minimum atomic E-state index is 0.842. The zero-order valence-electron chi connectivity index (χ0n) is 20.9.